The van der Waals surface area contributed by atoms with Crippen molar-refractivity contribution in [3.63, 3.8) is 0 Å². The minimum absolute atomic E-state index is 0.0764. The number of anilines is 1. The zero-order valence-corrected chi connectivity index (χ0v) is 21.9. The van der Waals surface area contributed by atoms with Gasteiger partial charge in [-0.2, -0.15) is 10.4 Å². The molecule has 2 aromatic heterocycles. The third kappa shape index (κ3) is 5.80. The van der Waals surface area contributed by atoms with E-state index in [0.29, 0.717) is 42.9 Å². The Balaban J connectivity index is 1.58. The number of hydrazone groups is 1. The highest BCUT2D eigenvalue weighted by molar-refractivity contribution is 6.00. The molecule has 1 aromatic carbocycles. The van der Waals surface area contributed by atoms with E-state index in [4.69, 9.17) is 9.84 Å². The number of aromatic nitrogens is 2. The predicted octanol–water partition coefficient (Wildman–Crippen LogP) is 4.54. The monoisotopic (exact) mass is 500 g/mol. The molecular weight excluding hydrogens is 468 g/mol. The highest BCUT2D eigenvalue weighted by atomic mass is 16.6. The molecule has 0 saturated carbocycles. The van der Waals surface area contributed by atoms with Crippen LogP contribution in [0.3, 0.4) is 0 Å². The molecule has 0 fully saturated rings. The second-order valence-electron chi connectivity index (χ2n) is 10.6. The lowest BCUT2D eigenvalue weighted by Crippen LogP contribution is -2.32. The maximum atomic E-state index is 12.2. The summed E-state index contributed by atoms with van der Waals surface area (Å²) >= 11 is 0. The van der Waals surface area contributed by atoms with Gasteiger partial charge in [-0.3, -0.25) is 9.59 Å². The van der Waals surface area contributed by atoms with E-state index in [-0.39, 0.29) is 11.9 Å². The number of nitriles is 1. The van der Waals surface area contributed by atoms with Crippen molar-refractivity contribution in [3.05, 3.63) is 65.1 Å². The number of nitrogens with zero attached hydrogens (tertiary/aromatic N) is 5. The van der Waals surface area contributed by atoms with E-state index in [1.807, 2.05) is 58.9 Å². The van der Waals surface area contributed by atoms with Gasteiger partial charge in [0, 0.05) is 30.9 Å². The molecule has 1 aliphatic heterocycles. The van der Waals surface area contributed by atoms with Crippen molar-refractivity contribution >= 4 is 29.4 Å². The van der Waals surface area contributed by atoms with Crippen LogP contribution in [0.4, 0.5) is 5.82 Å². The average molecular weight is 501 g/mol. The number of unbranched alkanes of at least 4 members (excludes halogenated alkanes) is 1. The average Bonchev–Trinajstić information content (AvgIpc) is 3.35. The van der Waals surface area contributed by atoms with Gasteiger partial charge in [-0.05, 0) is 82.9 Å². The molecule has 0 radical (unpaired) electrons. The minimum Gasteiger partial charge on any atom is -0.460 e. The summed E-state index contributed by atoms with van der Waals surface area (Å²) in [6.07, 6.45) is 6.76. The lowest BCUT2D eigenvalue weighted by atomic mass is 9.93. The lowest BCUT2D eigenvalue weighted by Gasteiger charge is -2.21. The normalized spacial score (nSPS) is 14.4. The number of ether oxygens (including phenoxy) is 1. The van der Waals surface area contributed by atoms with Crippen molar-refractivity contribution in [2.45, 2.75) is 65.0 Å². The second kappa shape index (κ2) is 10.1. The summed E-state index contributed by atoms with van der Waals surface area (Å²) in [5.74, 6) is 0.306. The molecule has 0 unspecified atom stereocenters. The van der Waals surface area contributed by atoms with Crippen molar-refractivity contribution in [1.29, 1.82) is 5.26 Å². The molecular formula is C28H32N6O3. The van der Waals surface area contributed by atoms with Crippen LogP contribution in [0.15, 0.2) is 47.8 Å². The molecule has 1 N–H and O–H groups in total. The van der Waals surface area contributed by atoms with Crippen LogP contribution in [0.2, 0.25) is 0 Å². The maximum absolute atomic E-state index is 12.2. The summed E-state index contributed by atoms with van der Waals surface area (Å²) < 4.78 is 7.19. The van der Waals surface area contributed by atoms with Gasteiger partial charge >= 0.3 is 5.97 Å². The van der Waals surface area contributed by atoms with Gasteiger partial charge in [0.25, 0.3) is 5.91 Å². The zero-order valence-electron chi connectivity index (χ0n) is 21.9. The van der Waals surface area contributed by atoms with E-state index in [1.165, 1.54) is 0 Å². The molecule has 0 atom stereocenters. The SMILES string of the molecule is CC(C)(C)OC(=O)CCCCN(/N=C/c1ccc2c(c1)C(C)(C)NC2=O)c1nccn2c(C#N)ccc12. The number of nitrogens with one attached hydrogen (secondary N) is 1. The highest BCUT2D eigenvalue weighted by Crippen LogP contribution is 2.31. The number of hydrogen-bond donors (Lipinski definition) is 1. The summed E-state index contributed by atoms with van der Waals surface area (Å²) in [7, 11) is 0. The summed E-state index contributed by atoms with van der Waals surface area (Å²) in [6, 6.07) is 11.4. The lowest BCUT2D eigenvalue weighted by molar-refractivity contribution is -0.154. The van der Waals surface area contributed by atoms with Gasteiger partial charge in [0.15, 0.2) is 5.82 Å². The Morgan fingerprint density at radius 3 is 2.78 bits per heavy atom. The summed E-state index contributed by atoms with van der Waals surface area (Å²) in [5, 5.41) is 19.0. The van der Waals surface area contributed by atoms with Crippen molar-refractivity contribution in [1.82, 2.24) is 14.7 Å². The molecule has 0 saturated heterocycles. The van der Waals surface area contributed by atoms with Crippen LogP contribution >= 0.6 is 0 Å². The number of esters is 1. The molecule has 9 nitrogen and oxygen atoms in total. The Labute approximate surface area is 216 Å². The van der Waals surface area contributed by atoms with Crippen molar-refractivity contribution in [3.8, 4) is 6.07 Å². The number of fused-ring (bicyclic) bond motifs is 2. The summed E-state index contributed by atoms with van der Waals surface area (Å²) in [5.41, 5.74) is 2.75. The number of hydrogen-bond acceptors (Lipinski definition) is 7. The van der Waals surface area contributed by atoms with E-state index in [9.17, 15) is 14.9 Å². The Morgan fingerprint density at radius 2 is 2.05 bits per heavy atom. The van der Waals surface area contributed by atoms with E-state index in [0.717, 1.165) is 16.6 Å². The first-order valence-corrected chi connectivity index (χ1v) is 12.3. The second-order valence-corrected chi connectivity index (χ2v) is 10.6. The molecule has 0 spiro atoms. The molecule has 3 aromatic rings. The summed E-state index contributed by atoms with van der Waals surface area (Å²) in [6.45, 7) is 10.0. The van der Waals surface area contributed by atoms with E-state index in [1.54, 1.807) is 34.1 Å². The van der Waals surface area contributed by atoms with Crippen LogP contribution in [-0.2, 0) is 15.1 Å². The van der Waals surface area contributed by atoms with Crippen molar-refractivity contribution in [2.75, 3.05) is 11.6 Å². The van der Waals surface area contributed by atoms with Gasteiger partial charge in [0.1, 0.15) is 17.4 Å². The molecule has 1 amide bonds. The molecule has 0 bridgehead atoms. The van der Waals surface area contributed by atoms with E-state index >= 15 is 0 Å². The highest BCUT2D eigenvalue weighted by Gasteiger charge is 2.34. The third-order valence-electron chi connectivity index (χ3n) is 6.07. The van der Waals surface area contributed by atoms with Gasteiger partial charge in [-0.25, -0.2) is 9.99 Å². The first kappa shape index (κ1) is 25.9. The molecule has 37 heavy (non-hydrogen) atoms. The smallest absolute Gasteiger partial charge is 0.306 e. The van der Waals surface area contributed by atoms with Gasteiger partial charge in [-0.1, -0.05) is 6.07 Å². The molecule has 0 aliphatic carbocycles. The minimum atomic E-state index is -0.509. The molecule has 3 heterocycles. The molecule has 4 rings (SSSR count). The molecule has 9 heteroatoms. The number of benzene rings is 1. The van der Waals surface area contributed by atoms with Crippen LogP contribution in [0, 0.1) is 11.3 Å². The van der Waals surface area contributed by atoms with Crippen LogP contribution in [0.5, 0.6) is 0 Å². The van der Waals surface area contributed by atoms with Crippen LogP contribution < -0.4 is 10.3 Å². The predicted molar refractivity (Wildman–Crippen MR) is 141 cm³/mol. The zero-order chi connectivity index (χ0) is 26.8. The standard InChI is InChI=1S/C28H32N6O3/c1-27(2,3)37-24(35)8-6-7-14-34(25-23-12-10-20(17-29)33(23)15-13-30-25)31-18-19-9-11-21-22(16-19)28(4,5)32-26(21)36/h9-13,15-16,18H,6-8,14H2,1-5H3,(H,32,36)/b31-18+. The topological polar surface area (TPSA) is 112 Å². The number of carbonyl (C=O) groups is 2. The first-order chi connectivity index (χ1) is 17.5. The van der Waals surface area contributed by atoms with E-state index in [2.05, 4.69) is 16.4 Å². The summed E-state index contributed by atoms with van der Waals surface area (Å²) in [4.78, 5) is 28.9. The quantitative estimate of drug-likeness (QED) is 0.210. The van der Waals surface area contributed by atoms with Crippen LogP contribution in [0.25, 0.3) is 5.52 Å². The van der Waals surface area contributed by atoms with Gasteiger partial charge in [-0.15, -0.1) is 0 Å². The fourth-order valence-corrected chi connectivity index (χ4v) is 4.37. The fraction of sp³-hybridized carbons (Fsp3) is 0.393. The van der Waals surface area contributed by atoms with Crippen molar-refractivity contribution < 1.29 is 14.3 Å². The number of amides is 1. The first-order valence-electron chi connectivity index (χ1n) is 12.3. The maximum Gasteiger partial charge on any atom is 0.306 e. The van der Waals surface area contributed by atoms with Crippen LogP contribution in [-0.4, -0.2) is 39.6 Å². The van der Waals surface area contributed by atoms with Crippen LogP contribution in [0.1, 0.15) is 81.1 Å². The number of carbonyl (C=O) groups excluding carboxylic acids is 2. The Kier molecular flexibility index (Phi) is 7.03. The molecule has 192 valence electrons. The Hall–Kier alpha value is -4.19. The Bertz CT molecular complexity index is 1410. The van der Waals surface area contributed by atoms with Gasteiger partial charge in [0.05, 0.1) is 17.3 Å². The largest absolute Gasteiger partial charge is 0.460 e. The Morgan fingerprint density at radius 1 is 1.27 bits per heavy atom. The van der Waals surface area contributed by atoms with Crippen molar-refractivity contribution in [2.24, 2.45) is 5.10 Å². The number of rotatable bonds is 8. The third-order valence-corrected chi connectivity index (χ3v) is 6.07. The van der Waals surface area contributed by atoms with Gasteiger partial charge in [0.2, 0.25) is 0 Å². The van der Waals surface area contributed by atoms with E-state index < -0.39 is 11.1 Å². The molecule has 1 aliphatic rings. The fourth-order valence-electron chi connectivity index (χ4n) is 4.37. The van der Waals surface area contributed by atoms with Gasteiger partial charge < -0.3 is 14.5 Å².